The average Bonchev–Trinajstić information content (AvgIpc) is 2.85. The van der Waals surface area contributed by atoms with Crippen molar-refractivity contribution in [2.75, 3.05) is 19.8 Å². The molecular formula is C12H19NO4. The van der Waals surface area contributed by atoms with E-state index in [-0.39, 0.29) is 18.8 Å². The van der Waals surface area contributed by atoms with Crippen molar-refractivity contribution in [3.8, 4) is 0 Å². The van der Waals surface area contributed by atoms with Gasteiger partial charge in [0, 0.05) is 18.8 Å². The van der Waals surface area contributed by atoms with Crippen molar-refractivity contribution in [1.82, 2.24) is 5.32 Å². The van der Waals surface area contributed by atoms with Crippen LogP contribution in [0.3, 0.4) is 0 Å². The summed E-state index contributed by atoms with van der Waals surface area (Å²) in [6.07, 6.45) is 1.61. The van der Waals surface area contributed by atoms with Crippen molar-refractivity contribution in [3.63, 3.8) is 0 Å². The third-order valence-corrected chi connectivity index (χ3v) is 3.26. The first kappa shape index (κ1) is 12.6. The average molecular weight is 241 g/mol. The van der Waals surface area contributed by atoms with Gasteiger partial charge < -0.3 is 24.7 Å². The molecule has 2 rings (SSSR count). The summed E-state index contributed by atoms with van der Waals surface area (Å²) in [5, 5.41) is 21.7. The normalized spacial score (nSPS) is 19.4. The zero-order valence-corrected chi connectivity index (χ0v) is 9.82. The second-order valence-electron chi connectivity index (χ2n) is 4.43. The minimum absolute atomic E-state index is 0.0843. The van der Waals surface area contributed by atoms with Gasteiger partial charge in [0.2, 0.25) is 0 Å². The molecule has 0 aromatic carbocycles. The van der Waals surface area contributed by atoms with Gasteiger partial charge in [0.25, 0.3) is 0 Å². The van der Waals surface area contributed by atoms with E-state index in [1.54, 1.807) is 6.07 Å². The maximum absolute atomic E-state index is 9.48. The number of rotatable bonds is 5. The molecule has 3 N–H and O–H groups in total. The number of furan rings is 1. The molecule has 2 heterocycles. The Bertz CT molecular complexity index is 344. The van der Waals surface area contributed by atoms with Crippen molar-refractivity contribution < 1.29 is 19.4 Å². The molecular weight excluding hydrogens is 222 g/mol. The third kappa shape index (κ3) is 3.07. The summed E-state index contributed by atoms with van der Waals surface area (Å²) in [4.78, 5) is 0. The second-order valence-corrected chi connectivity index (χ2v) is 4.43. The zero-order chi connectivity index (χ0) is 12.1. The summed E-state index contributed by atoms with van der Waals surface area (Å²) < 4.78 is 10.7. The molecule has 5 heteroatoms. The fraction of sp³-hybridized carbons (Fsp3) is 0.667. The van der Waals surface area contributed by atoms with Gasteiger partial charge in [0.1, 0.15) is 18.1 Å². The van der Waals surface area contributed by atoms with Crippen molar-refractivity contribution >= 4 is 0 Å². The molecule has 1 aromatic rings. The molecule has 5 nitrogen and oxygen atoms in total. The molecule has 1 fully saturated rings. The summed E-state index contributed by atoms with van der Waals surface area (Å²) in [6, 6.07) is 3.59. The maximum Gasteiger partial charge on any atom is 0.129 e. The van der Waals surface area contributed by atoms with Crippen LogP contribution in [0.1, 0.15) is 24.4 Å². The smallest absolute Gasteiger partial charge is 0.129 e. The van der Waals surface area contributed by atoms with E-state index in [0.717, 1.165) is 18.6 Å². The van der Waals surface area contributed by atoms with Gasteiger partial charge >= 0.3 is 0 Å². The van der Waals surface area contributed by atoms with Gasteiger partial charge in [-0.15, -0.1) is 0 Å². The molecule has 0 aliphatic carbocycles. The summed E-state index contributed by atoms with van der Waals surface area (Å²) in [5.74, 6) is 1.33. The second kappa shape index (κ2) is 5.64. The fourth-order valence-corrected chi connectivity index (χ4v) is 2.03. The highest BCUT2D eigenvalue weighted by Gasteiger charge is 2.31. The zero-order valence-electron chi connectivity index (χ0n) is 9.82. The van der Waals surface area contributed by atoms with E-state index in [9.17, 15) is 5.11 Å². The number of hydrogen-bond donors (Lipinski definition) is 3. The van der Waals surface area contributed by atoms with Crippen LogP contribution in [0, 0.1) is 0 Å². The van der Waals surface area contributed by atoms with Crippen LogP contribution in [-0.2, 0) is 17.9 Å². The third-order valence-electron chi connectivity index (χ3n) is 3.26. The van der Waals surface area contributed by atoms with Gasteiger partial charge in [-0.3, -0.25) is 0 Å². The van der Waals surface area contributed by atoms with Crippen molar-refractivity contribution in [3.05, 3.63) is 23.7 Å². The minimum Gasteiger partial charge on any atom is -0.462 e. The first-order chi connectivity index (χ1) is 8.28. The van der Waals surface area contributed by atoms with E-state index in [0.29, 0.717) is 25.5 Å². The predicted molar refractivity (Wildman–Crippen MR) is 61.3 cm³/mol. The monoisotopic (exact) mass is 241 g/mol. The van der Waals surface area contributed by atoms with Crippen LogP contribution >= 0.6 is 0 Å². The SMILES string of the molecule is OCc1ccc(CNC2(CO)CCOCC2)o1. The van der Waals surface area contributed by atoms with Crippen LogP contribution in [0.15, 0.2) is 16.5 Å². The Morgan fingerprint density at radius 2 is 1.88 bits per heavy atom. The van der Waals surface area contributed by atoms with Gasteiger partial charge in [-0.1, -0.05) is 0 Å². The van der Waals surface area contributed by atoms with Gasteiger partial charge in [0.05, 0.1) is 13.2 Å². The van der Waals surface area contributed by atoms with E-state index in [4.69, 9.17) is 14.3 Å². The topological polar surface area (TPSA) is 74.9 Å². The van der Waals surface area contributed by atoms with Gasteiger partial charge in [-0.25, -0.2) is 0 Å². The molecule has 0 unspecified atom stereocenters. The molecule has 1 saturated heterocycles. The van der Waals surface area contributed by atoms with Crippen molar-refractivity contribution in [2.24, 2.45) is 0 Å². The summed E-state index contributed by atoms with van der Waals surface area (Å²) >= 11 is 0. The van der Waals surface area contributed by atoms with Gasteiger partial charge in [-0.2, -0.15) is 0 Å². The lowest BCUT2D eigenvalue weighted by Gasteiger charge is -2.36. The molecule has 0 atom stereocenters. The number of aliphatic hydroxyl groups is 2. The van der Waals surface area contributed by atoms with E-state index < -0.39 is 0 Å². The van der Waals surface area contributed by atoms with E-state index in [1.165, 1.54) is 0 Å². The standard InChI is InChI=1S/C12H19NO4/c14-8-11-2-1-10(17-11)7-13-12(9-15)3-5-16-6-4-12/h1-2,13-15H,3-9H2. The number of ether oxygens (including phenoxy) is 1. The molecule has 17 heavy (non-hydrogen) atoms. The number of aliphatic hydroxyl groups excluding tert-OH is 2. The molecule has 96 valence electrons. The van der Waals surface area contributed by atoms with Crippen LogP contribution in [0.4, 0.5) is 0 Å². The lowest BCUT2D eigenvalue weighted by atomic mass is 9.91. The lowest BCUT2D eigenvalue weighted by molar-refractivity contribution is 0.0103. The Hall–Kier alpha value is -0.880. The fourth-order valence-electron chi connectivity index (χ4n) is 2.03. The largest absolute Gasteiger partial charge is 0.462 e. The highest BCUT2D eigenvalue weighted by Crippen LogP contribution is 2.21. The molecule has 0 amide bonds. The van der Waals surface area contributed by atoms with E-state index in [2.05, 4.69) is 5.32 Å². The summed E-state index contributed by atoms with van der Waals surface area (Å²) in [5.41, 5.74) is -0.260. The van der Waals surface area contributed by atoms with Crippen LogP contribution in [0.5, 0.6) is 0 Å². The molecule has 0 radical (unpaired) electrons. The first-order valence-corrected chi connectivity index (χ1v) is 5.90. The quantitative estimate of drug-likeness (QED) is 0.696. The summed E-state index contributed by atoms with van der Waals surface area (Å²) in [6.45, 7) is 1.92. The van der Waals surface area contributed by atoms with E-state index >= 15 is 0 Å². The molecule has 0 bridgehead atoms. The highest BCUT2D eigenvalue weighted by atomic mass is 16.5. The Kier molecular flexibility index (Phi) is 4.17. The summed E-state index contributed by atoms with van der Waals surface area (Å²) in [7, 11) is 0. The minimum atomic E-state index is -0.260. The maximum atomic E-state index is 9.48. The lowest BCUT2D eigenvalue weighted by Crippen LogP contribution is -2.51. The van der Waals surface area contributed by atoms with Crippen LogP contribution in [0.2, 0.25) is 0 Å². The van der Waals surface area contributed by atoms with Crippen LogP contribution in [-0.4, -0.2) is 35.6 Å². The van der Waals surface area contributed by atoms with Crippen molar-refractivity contribution in [1.29, 1.82) is 0 Å². The molecule has 0 saturated carbocycles. The number of nitrogens with one attached hydrogen (secondary N) is 1. The highest BCUT2D eigenvalue weighted by molar-refractivity contribution is 5.07. The molecule has 1 aliphatic rings. The van der Waals surface area contributed by atoms with Gasteiger partial charge in [0.15, 0.2) is 0 Å². The molecule has 1 aromatic heterocycles. The number of hydrogen-bond acceptors (Lipinski definition) is 5. The first-order valence-electron chi connectivity index (χ1n) is 5.90. The Balaban J connectivity index is 1.90. The van der Waals surface area contributed by atoms with Crippen LogP contribution < -0.4 is 5.32 Å². The van der Waals surface area contributed by atoms with Crippen LogP contribution in [0.25, 0.3) is 0 Å². The predicted octanol–water partition coefficient (Wildman–Crippen LogP) is 0.403. The Morgan fingerprint density at radius 3 is 2.47 bits per heavy atom. The Morgan fingerprint density at radius 1 is 1.18 bits per heavy atom. The molecule has 0 spiro atoms. The molecule has 1 aliphatic heterocycles. The van der Waals surface area contributed by atoms with E-state index in [1.807, 2.05) is 6.07 Å². The van der Waals surface area contributed by atoms with Crippen molar-refractivity contribution in [2.45, 2.75) is 31.5 Å². The Labute approximate surface area is 100 Å². The van der Waals surface area contributed by atoms with Gasteiger partial charge in [-0.05, 0) is 25.0 Å².